The van der Waals surface area contributed by atoms with Crippen molar-refractivity contribution in [3.63, 3.8) is 0 Å². The van der Waals surface area contributed by atoms with Crippen molar-refractivity contribution in [1.82, 2.24) is 10.3 Å². The summed E-state index contributed by atoms with van der Waals surface area (Å²) in [6.45, 7) is 4.10. The summed E-state index contributed by atoms with van der Waals surface area (Å²) >= 11 is 1.66. The maximum atomic E-state index is 10.5. The van der Waals surface area contributed by atoms with Gasteiger partial charge in [0, 0.05) is 37.0 Å². The molecule has 0 saturated carbocycles. The van der Waals surface area contributed by atoms with Gasteiger partial charge in [0.05, 0.1) is 15.6 Å². The summed E-state index contributed by atoms with van der Waals surface area (Å²) in [5, 5.41) is 17.0. The molecule has 7 heteroatoms. The van der Waals surface area contributed by atoms with Gasteiger partial charge in [0.2, 0.25) is 0 Å². The third-order valence-corrected chi connectivity index (χ3v) is 3.64. The van der Waals surface area contributed by atoms with E-state index in [0.717, 1.165) is 30.2 Å². The van der Waals surface area contributed by atoms with E-state index in [4.69, 9.17) is 4.74 Å². The van der Waals surface area contributed by atoms with E-state index in [9.17, 15) is 10.1 Å². The molecule has 1 aromatic heterocycles. The molecule has 0 unspecified atom stereocenters. The molecule has 21 heavy (non-hydrogen) atoms. The summed E-state index contributed by atoms with van der Waals surface area (Å²) in [5.74, 6) is 0.637. The van der Waals surface area contributed by atoms with E-state index in [2.05, 4.69) is 15.7 Å². The molecule has 0 fully saturated rings. The maximum Gasteiger partial charge on any atom is 0.269 e. The van der Waals surface area contributed by atoms with Gasteiger partial charge in [-0.2, -0.15) is 0 Å². The molecule has 0 spiro atoms. The summed E-state index contributed by atoms with van der Waals surface area (Å²) < 4.78 is 5.50. The molecular weight excluding hydrogens is 290 g/mol. The Morgan fingerprint density at radius 1 is 1.33 bits per heavy atom. The van der Waals surface area contributed by atoms with E-state index in [1.54, 1.807) is 23.5 Å². The van der Waals surface area contributed by atoms with Crippen LogP contribution in [-0.4, -0.2) is 29.6 Å². The number of rotatable bonds is 8. The zero-order chi connectivity index (χ0) is 15.1. The predicted molar refractivity (Wildman–Crippen MR) is 82.0 cm³/mol. The Kier molecular flexibility index (Phi) is 5.65. The lowest BCUT2D eigenvalue weighted by Crippen LogP contribution is -2.23. The number of hydrogen-bond acceptors (Lipinski definition) is 6. The number of aromatic nitrogens is 1. The summed E-state index contributed by atoms with van der Waals surface area (Å²) in [4.78, 5) is 14.5. The van der Waals surface area contributed by atoms with Crippen molar-refractivity contribution in [3.8, 4) is 5.75 Å². The van der Waals surface area contributed by atoms with Crippen molar-refractivity contribution in [1.29, 1.82) is 0 Å². The number of ether oxygens (including phenoxy) is 1. The van der Waals surface area contributed by atoms with Crippen molar-refractivity contribution >= 4 is 17.0 Å². The smallest absolute Gasteiger partial charge is 0.269 e. The van der Waals surface area contributed by atoms with E-state index >= 15 is 0 Å². The van der Waals surface area contributed by atoms with Gasteiger partial charge in [0.25, 0.3) is 5.69 Å². The van der Waals surface area contributed by atoms with Gasteiger partial charge in [-0.15, -0.1) is 11.3 Å². The van der Waals surface area contributed by atoms with Crippen LogP contribution in [0.4, 0.5) is 5.69 Å². The predicted octanol–water partition coefficient (Wildman–Crippen LogP) is 2.57. The van der Waals surface area contributed by atoms with Crippen LogP contribution in [0.5, 0.6) is 5.75 Å². The Hall–Kier alpha value is -1.99. The summed E-state index contributed by atoms with van der Waals surface area (Å²) in [6, 6.07) is 6.09. The van der Waals surface area contributed by atoms with E-state index < -0.39 is 4.92 Å². The van der Waals surface area contributed by atoms with Crippen LogP contribution in [0.1, 0.15) is 10.7 Å². The number of aryl methyl sites for hydroxylation is 1. The number of hydrogen-bond donors (Lipinski definition) is 1. The molecule has 1 aromatic carbocycles. The summed E-state index contributed by atoms with van der Waals surface area (Å²) in [6.07, 6.45) is 0.905. The van der Waals surface area contributed by atoms with Crippen molar-refractivity contribution in [2.24, 2.45) is 0 Å². The van der Waals surface area contributed by atoms with Crippen LogP contribution < -0.4 is 10.1 Å². The minimum absolute atomic E-state index is 0.0685. The average molecular weight is 307 g/mol. The molecule has 2 aromatic rings. The van der Waals surface area contributed by atoms with Gasteiger partial charge in [-0.1, -0.05) is 0 Å². The van der Waals surface area contributed by atoms with Crippen LogP contribution in [0.25, 0.3) is 0 Å². The van der Waals surface area contributed by atoms with Gasteiger partial charge < -0.3 is 10.1 Å². The second kappa shape index (κ2) is 7.70. The fourth-order valence-corrected chi connectivity index (χ4v) is 2.42. The number of nitrogens with one attached hydrogen (secondary N) is 1. The first-order valence-corrected chi connectivity index (χ1v) is 7.52. The molecule has 6 nitrogen and oxygen atoms in total. The molecule has 1 heterocycles. The van der Waals surface area contributed by atoms with Crippen molar-refractivity contribution in [2.45, 2.75) is 13.3 Å². The first-order valence-electron chi connectivity index (χ1n) is 6.64. The fraction of sp³-hybridized carbons (Fsp3) is 0.357. The molecule has 0 aliphatic heterocycles. The minimum Gasteiger partial charge on any atom is -0.492 e. The van der Waals surface area contributed by atoms with Crippen LogP contribution in [0.15, 0.2) is 29.6 Å². The Morgan fingerprint density at radius 2 is 2.10 bits per heavy atom. The SMILES string of the molecule is Cc1nc(CCNCCOc2ccc([N+](=O)[O-])cc2)cs1. The van der Waals surface area contributed by atoms with Crippen LogP contribution in [0, 0.1) is 17.0 Å². The highest BCUT2D eigenvalue weighted by Gasteiger charge is 2.04. The van der Waals surface area contributed by atoms with Crippen molar-refractivity contribution < 1.29 is 9.66 Å². The van der Waals surface area contributed by atoms with E-state index in [1.807, 2.05) is 6.92 Å². The lowest BCUT2D eigenvalue weighted by molar-refractivity contribution is -0.384. The Balaban J connectivity index is 1.60. The van der Waals surface area contributed by atoms with Gasteiger partial charge in [-0.25, -0.2) is 4.98 Å². The van der Waals surface area contributed by atoms with Crippen LogP contribution >= 0.6 is 11.3 Å². The summed E-state index contributed by atoms with van der Waals surface area (Å²) in [5.41, 5.74) is 1.18. The molecule has 0 radical (unpaired) electrons. The molecule has 0 aliphatic carbocycles. The Bertz CT molecular complexity index is 583. The molecule has 0 atom stereocenters. The zero-order valence-electron chi connectivity index (χ0n) is 11.7. The first kappa shape index (κ1) is 15.4. The normalized spacial score (nSPS) is 10.5. The highest BCUT2D eigenvalue weighted by atomic mass is 32.1. The highest BCUT2D eigenvalue weighted by molar-refractivity contribution is 7.09. The van der Waals surface area contributed by atoms with Crippen molar-refractivity contribution in [2.75, 3.05) is 19.7 Å². The molecule has 0 bridgehead atoms. The van der Waals surface area contributed by atoms with E-state index in [1.165, 1.54) is 12.1 Å². The fourth-order valence-electron chi connectivity index (χ4n) is 1.77. The van der Waals surface area contributed by atoms with Crippen LogP contribution in [-0.2, 0) is 6.42 Å². The third-order valence-electron chi connectivity index (χ3n) is 2.82. The quantitative estimate of drug-likeness (QED) is 0.461. The molecule has 0 amide bonds. The number of nitro groups is 1. The molecule has 2 rings (SSSR count). The van der Waals surface area contributed by atoms with Crippen LogP contribution in [0.3, 0.4) is 0 Å². The lowest BCUT2D eigenvalue weighted by atomic mass is 10.3. The number of benzene rings is 1. The van der Waals surface area contributed by atoms with Gasteiger partial charge in [0.1, 0.15) is 12.4 Å². The average Bonchev–Trinajstić information content (AvgIpc) is 2.89. The molecule has 0 saturated heterocycles. The minimum atomic E-state index is -0.425. The van der Waals surface area contributed by atoms with Gasteiger partial charge >= 0.3 is 0 Å². The van der Waals surface area contributed by atoms with Crippen LogP contribution in [0.2, 0.25) is 0 Å². The Morgan fingerprint density at radius 3 is 2.71 bits per heavy atom. The van der Waals surface area contributed by atoms with E-state index in [0.29, 0.717) is 12.4 Å². The van der Waals surface area contributed by atoms with Gasteiger partial charge in [-0.3, -0.25) is 10.1 Å². The number of thiazole rings is 1. The van der Waals surface area contributed by atoms with Crippen molar-refractivity contribution in [3.05, 3.63) is 50.5 Å². The summed E-state index contributed by atoms with van der Waals surface area (Å²) in [7, 11) is 0. The Labute approximate surface area is 126 Å². The molecular formula is C14H17N3O3S. The second-order valence-corrected chi connectivity index (χ2v) is 5.52. The second-order valence-electron chi connectivity index (χ2n) is 4.46. The lowest BCUT2D eigenvalue weighted by Gasteiger charge is -2.06. The highest BCUT2D eigenvalue weighted by Crippen LogP contribution is 2.16. The van der Waals surface area contributed by atoms with Gasteiger partial charge in [0.15, 0.2) is 0 Å². The monoisotopic (exact) mass is 307 g/mol. The zero-order valence-corrected chi connectivity index (χ0v) is 12.6. The topological polar surface area (TPSA) is 77.3 Å². The molecule has 1 N–H and O–H groups in total. The van der Waals surface area contributed by atoms with Gasteiger partial charge in [-0.05, 0) is 19.1 Å². The number of nitrogens with zero attached hydrogens (tertiary/aromatic N) is 2. The number of non-ortho nitro benzene ring substituents is 1. The standard InChI is InChI=1S/C14H17N3O3S/c1-11-16-12(10-21-11)6-7-15-8-9-20-14-4-2-13(3-5-14)17(18)19/h2-5,10,15H,6-9H2,1H3. The first-order chi connectivity index (χ1) is 10.1. The number of nitro benzene ring substituents is 1. The van der Waals surface area contributed by atoms with E-state index in [-0.39, 0.29) is 5.69 Å². The molecule has 0 aliphatic rings. The largest absolute Gasteiger partial charge is 0.492 e. The molecule has 112 valence electrons. The third kappa shape index (κ3) is 5.13. The maximum absolute atomic E-state index is 10.5.